The largest absolute Gasteiger partial charge is 0.476 e. The number of likely N-dealkylation sites (tertiary alicyclic amines) is 1. The lowest BCUT2D eigenvalue weighted by molar-refractivity contribution is 0.180. The van der Waals surface area contributed by atoms with Crippen molar-refractivity contribution in [1.82, 2.24) is 14.9 Å². The zero-order valence-corrected chi connectivity index (χ0v) is 14.7. The van der Waals surface area contributed by atoms with Crippen molar-refractivity contribution in [3.8, 4) is 17.1 Å². The SMILES string of the molecule is Cc1nc(OCCN2CCCCC2)cc(-c2ccc(F)cc2)n1.Cl. The molecule has 1 aromatic heterocycles. The third-order valence-corrected chi connectivity index (χ3v) is 4.06. The number of benzene rings is 1. The van der Waals surface area contributed by atoms with E-state index >= 15 is 0 Å². The molecule has 2 heterocycles. The summed E-state index contributed by atoms with van der Waals surface area (Å²) < 4.78 is 18.9. The Labute approximate surface area is 148 Å². The predicted octanol–water partition coefficient (Wildman–Crippen LogP) is 3.88. The minimum Gasteiger partial charge on any atom is -0.476 e. The van der Waals surface area contributed by atoms with E-state index in [-0.39, 0.29) is 18.2 Å². The third kappa shape index (κ3) is 5.14. The van der Waals surface area contributed by atoms with Gasteiger partial charge in [0.2, 0.25) is 5.88 Å². The van der Waals surface area contributed by atoms with E-state index in [1.165, 1.54) is 31.4 Å². The van der Waals surface area contributed by atoms with Crippen molar-refractivity contribution >= 4 is 12.4 Å². The molecule has 0 spiro atoms. The van der Waals surface area contributed by atoms with E-state index in [4.69, 9.17) is 4.74 Å². The molecular weight excluding hydrogens is 329 g/mol. The fraction of sp³-hybridized carbons (Fsp3) is 0.444. The lowest BCUT2D eigenvalue weighted by Crippen LogP contribution is -2.33. The molecule has 1 aliphatic rings. The van der Waals surface area contributed by atoms with E-state index in [2.05, 4.69) is 14.9 Å². The average molecular weight is 352 g/mol. The Balaban J connectivity index is 0.00000208. The van der Waals surface area contributed by atoms with Crippen LogP contribution in [0.25, 0.3) is 11.3 Å². The van der Waals surface area contributed by atoms with Crippen LogP contribution < -0.4 is 4.74 Å². The summed E-state index contributed by atoms with van der Waals surface area (Å²) in [6, 6.07) is 8.12. The molecular formula is C18H23ClFN3O. The second kappa shape index (κ2) is 8.94. The quantitative estimate of drug-likeness (QED) is 0.819. The van der Waals surface area contributed by atoms with Gasteiger partial charge in [-0.05, 0) is 57.1 Å². The highest BCUT2D eigenvalue weighted by molar-refractivity contribution is 5.85. The van der Waals surface area contributed by atoms with Crippen LogP contribution in [0.1, 0.15) is 25.1 Å². The van der Waals surface area contributed by atoms with Gasteiger partial charge in [-0.25, -0.2) is 9.37 Å². The molecule has 130 valence electrons. The molecule has 4 nitrogen and oxygen atoms in total. The first-order valence-electron chi connectivity index (χ1n) is 8.17. The lowest BCUT2D eigenvalue weighted by Gasteiger charge is -2.26. The van der Waals surface area contributed by atoms with Crippen molar-refractivity contribution in [2.75, 3.05) is 26.2 Å². The average Bonchev–Trinajstić information content (AvgIpc) is 2.56. The number of ether oxygens (including phenoxy) is 1. The lowest BCUT2D eigenvalue weighted by atomic mass is 10.1. The van der Waals surface area contributed by atoms with Crippen molar-refractivity contribution in [2.45, 2.75) is 26.2 Å². The van der Waals surface area contributed by atoms with Crippen LogP contribution in [0.2, 0.25) is 0 Å². The highest BCUT2D eigenvalue weighted by Gasteiger charge is 2.10. The van der Waals surface area contributed by atoms with Gasteiger partial charge < -0.3 is 4.74 Å². The zero-order valence-electron chi connectivity index (χ0n) is 13.9. The first kappa shape index (κ1) is 18.6. The summed E-state index contributed by atoms with van der Waals surface area (Å²) in [5, 5.41) is 0. The minimum absolute atomic E-state index is 0. The third-order valence-electron chi connectivity index (χ3n) is 4.06. The Bertz CT molecular complexity index is 645. The summed E-state index contributed by atoms with van der Waals surface area (Å²) in [6.07, 6.45) is 3.89. The smallest absolute Gasteiger partial charge is 0.217 e. The zero-order chi connectivity index (χ0) is 16.1. The number of nitrogens with zero attached hydrogens (tertiary/aromatic N) is 3. The molecule has 1 aromatic carbocycles. The van der Waals surface area contributed by atoms with Crippen LogP contribution in [0.4, 0.5) is 4.39 Å². The van der Waals surface area contributed by atoms with E-state index in [1.807, 2.05) is 13.0 Å². The summed E-state index contributed by atoms with van der Waals surface area (Å²) in [6.45, 7) is 5.71. The molecule has 1 saturated heterocycles. The molecule has 0 aliphatic carbocycles. The first-order valence-corrected chi connectivity index (χ1v) is 8.17. The Morgan fingerprint density at radius 3 is 2.50 bits per heavy atom. The number of aromatic nitrogens is 2. The molecule has 0 saturated carbocycles. The van der Waals surface area contributed by atoms with Crippen LogP contribution in [0.5, 0.6) is 5.88 Å². The maximum atomic E-state index is 13.0. The molecule has 2 aromatic rings. The van der Waals surface area contributed by atoms with Gasteiger partial charge in [0.1, 0.15) is 18.2 Å². The van der Waals surface area contributed by atoms with Crippen molar-refractivity contribution < 1.29 is 9.13 Å². The maximum absolute atomic E-state index is 13.0. The summed E-state index contributed by atoms with van der Waals surface area (Å²) in [5.74, 6) is 0.978. The van der Waals surface area contributed by atoms with Gasteiger partial charge in [0.05, 0.1) is 5.69 Å². The summed E-state index contributed by atoms with van der Waals surface area (Å²) >= 11 is 0. The molecule has 0 radical (unpaired) electrons. The van der Waals surface area contributed by atoms with Crippen molar-refractivity contribution in [2.24, 2.45) is 0 Å². The van der Waals surface area contributed by atoms with Crippen LogP contribution in [0.3, 0.4) is 0 Å². The van der Waals surface area contributed by atoms with E-state index in [1.54, 1.807) is 12.1 Å². The molecule has 3 rings (SSSR count). The second-order valence-electron chi connectivity index (χ2n) is 5.90. The molecule has 0 unspecified atom stereocenters. The van der Waals surface area contributed by atoms with Gasteiger partial charge in [-0.1, -0.05) is 6.42 Å². The number of hydrogen-bond acceptors (Lipinski definition) is 4. The van der Waals surface area contributed by atoms with Crippen molar-refractivity contribution in [1.29, 1.82) is 0 Å². The molecule has 0 N–H and O–H groups in total. The topological polar surface area (TPSA) is 38.2 Å². The normalized spacial score (nSPS) is 14.9. The summed E-state index contributed by atoms with van der Waals surface area (Å²) in [5.41, 5.74) is 1.61. The molecule has 6 heteroatoms. The van der Waals surface area contributed by atoms with Gasteiger partial charge in [-0.15, -0.1) is 12.4 Å². The van der Waals surface area contributed by atoms with E-state index in [0.717, 1.165) is 30.9 Å². The Morgan fingerprint density at radius 2 is 1.79 bits per heavy atom. The number of halogens is 2. The van der Waals surface area contributed by atoms with E-state index in [9.17, 15) is 4.39 Å². The monoisotopic (exact) mass is 351 g/mol. The summed E-state index contributed by atoms with van der Waals surface area (Å²) in [4.78, 5) is 11.2. The molecule has 0 atom stereocenters. The fourth-order valence-electron chi connectivity index (χ4n) is 2.85. The maximum Gasteiger partial charge on any atom is 0.217 e. The Hall–Kier alpha value is -1.72. The van der Waals surface area contributed by atoms with E-state index in [0.29, 0.717) is 18.3 Å². The van der Waals surface area contributed by atoms with Crippen LogP contribution >= 0.6 is 12.4 Å². The highest BCUT2D eigenvalue weighted by Crippen LogP contribution is 2.21. The van der Waals surface area contributed by atoms with Crippen LogP contribution in [-0.2, 0) is 0 Å². The van der Waals surface area contributed by atoms with Crippen LogP contribution in [-0.4, -0.2) is 41.1 Å². The Morgan fingerprint density at radius 1 is 1.08 bits per heavy atom. The summed E-state index contributed by atoms with van der Waals surface area (Å²) in [7, 11) is 0. The first-order chi connectivity index (χ1) is 11.2. The number of piperidine rings is 1. The second-order valence-corrected chi connectivity index (χ2v) is 5.90. The molecule has 24 heavy (non-hydrogen) atoms. The van der Waals surface area contributed by atoms with Crippen LogP contribution in [0, 0.1) is 12.7 Å². The predicted molar refractivity (Wildman–Crippen MR) is 95.2 cm³/mol. The standard InChI is InChI=1S/C18H22FN3O.ClH/c1-14-20-17(15-5-7-16(19)8-6-15)13-18(21-14)23-12-11-22-9-3-2-4-10-22;/h5-8,13H,2-4,9-12H2,1H3;1H. The van der Waals surface area contributed by atoms with Gasteiger partial charge in [0.25, 0.3) is 0 Å². The van der Waals surface area contributed by atoms with Gasteiger partial charge in [0, 0.05) is 18.2 Å². The van der Waals surface area contributed by atoms with Gasteiger partial charge in [0.15, 0.2) is 0 Å². The number of rotatable bonds is 5. The molecule has 1 aliphatic heterocycles. The number of aryl methyl sites for hydroxylation is 1. The highest BCUT2D eigenvalue weighted by atomic mass is 35.5. The van der Waals surface area contributed by atoms with Crippen molar-refractivity contribution in [3.63, 3.8) is 0 Å². The molecule has 0 amide bonds. The van der Waals surface area contributed by atoms with E-state index < -0.39 is 0 Å². The van der Waals surface area contributed by atoms with Crippen molar-refractivity contribution in [3.05, 3.63) is 42.0 Å². The molecule has 0 bridgehead atoms. The van der Waals surface area contributed by atoms with Gasteiger partial charge in [-0.2, -0.15) is 4.98 Å². The number of hydrogen-bond donors (Lipinski definition) is 0. The molecule has 1 fully saturated rings. The Kier molecular flexibility index (Phi) is 6.94. The fourth-order valence-corrected chi connectivity index (χ4v) is 2.85. The minimum atomic E-state index is -0.252. The van der Waals surface area contributed by atoms with Gasteiger partial charge in [-0.3, -0.25) is 4.90 Å². The van der Waals surface area contributed by atoms with Gasteiger partial charge >= 0.3 is 0 Å². The van der Waals surface area contributed by atoms with Crippen LogP contribution in [0.15, 0.2) is 30.3 Å².